The van der Waals surface area contributed by atoms with Crippen molar-refractivity contribution in [3.8, 4) is 11.5 Å². The molecule has 2 aliphatic heterocycles. The van der Waals surface area contributed by atoms with Gasteiger partial charge in [0.05, 0.1) is 11.1 Å². The molecule has 25 heavy (non-hydrogen) atoms. The Labute approximate surface area is 154 Å². The molecular weight excluding hydrogens is 382 g/mol. The molecule has 0 unspecified atom stereocenters. The lowest BCUT2D eigenvalue weighted by Crippen LogP contribution is -2.18. The van der Waals surface area contributed by atoms with Crippen molar-refractivity contribution in [2.75, 3.05) is 13.1 Å². The number of carbonyl (C=O) groups excluding carboxylic acids is 1. The van der Waals surface area contributed by atoms with Gasteiger partial charge in [-0.2, -0.15) is 0 Å². The van der Waals surface area contributed by atoms with E-state index in [1.165, 1.54) is 12.8 Å². The molecule has 1 N–H and O–H groups in total. The Kier molecular flexibility index (Phi) is 4.36. The van der Waals surface area contributed by atoms with Crippen LogP contribution in [0, 0.1) is 0 Å². The molecule has 5 heteroatoms. The van der Waals surface area contributed by atoms with Gasteiger partial charge in [-0.1, -0.05) is 34.1 Å². The van der Waals surface area contributed by atoms with Crippen LogP contribution in [0.15, 0.2) is 46.6 Å². The van der Waals surface area contributed by atoms with Gasteiger partial charge in [0.15, 0.2) is 5.76 Å². The number of likely N-dealkylation sites (tertiary alicyclic amines) is 1. The SMILES string of the molecule is O=C1/C(=C\c2ccccc2Br)Oc2c1ccc(O)c2CN1CCCC1. The number of aromatic hydroxyl groups is 1. The lowest BCUT2D eigenvalue weighted by Gasteiger charge is -2.17. The molecule has 1 saturated heterocycles. The van der Waals surface area contributed by atoms with Crippen molar-refractivity contribution < 1.29 is 14.6 Å². The molecule has 0 bridgehead atoms. The summed E-state index contributed by atoms with van der Waals surface area (Å²) in [6.07, 6.45) is 4.08. The third-order valence-electron chi connectivity index (χ3n) is 4.69. The van der Waals surface area contributed by atoms with Crippen LogP contribution in [0.25, 0.3) is 6.08 Å². The standard InChI is InChI=1S/C20H18BrNO3/c21-16-6-2-1-5-13(16)11-18-19(24)14-7-8-17(23)15(20(14)25-18)12-22-9-3-4-10-22/h1-2,5-8,11,23H,3-4,9-10,12H2/b18-11+. The van der Waals surface area contributed by atoms with Gasteiger partial charge in [-0.15, -0.1) is 0 Å². The largest absolute Gasteiger partial charge is 0.507 e. The van der Waals surface area contributed by atoms with Crippen molar-refractivity contribution in [2.45, 2.75) is 19.4 Å². The van der Waals surface area contributed by atoms with Crippen molar-refractivity contribution in [3.63, 3.8) is 0 Å². The second-order valence-corrected chi connectivity index (χ2v) is 7.24. The van der Waals surface area contributed by atoms with E-state index in [9.17, 15) is 9.90 Å². The number of benzene rings is 2. The minimum absolute atomic E-state index is 0.145. The molecule has 0 atom stereocenters. The molecule has 4 rings (SSSR count). The van der Waals surface area contributed by atoms with Gasteiger partial charge in [-0.05, 0) is 55.8 Å². The van der Waals surface area contributed by atoms with Crippen LogP contribution in [-0.4, -0.2) is 28.9 Å². The summed E-state index contributed by atoms with van der Waals surface area (Å²) in [7, 11) is 0. The molecule has 0 saturated carbocycles. The highest BCUT2D eigenvalue weighted by atomic mass is 79.9. The third kappa shape index (κ3) is 3.10. The minimum Gasteiger partial charge on any atom is -0.507 e. The fourth-order valence-corrected chi connectivity index (χ4v) is 3.75. The first kappa shape index (κ1) is 16.4. The fraction of sp³-hybridized carbons (Fsp3) is 0.250. The summed E-state index contributed by atoms with van der Waals surface area (Å²) >= 11 is 3.48. The highest BCUT2D eigenvalue weighted by Gasteiger charge is 2.32. The van der Waals surface area contributed by atoms with Crippen LogP contribution in [0.3, 0.4) is 0 Å². The Morgan fingerprint density at radius 1 is 1.16 bits per heavy atom. The summed E-state index contributed by atoms with van der Waals surface area (Å²) in [4.78, 5) is 15.0. The van der Waals surface area contributed by atoms with Gasteiger partial charge in [0.2, 0.25) is 5.78 Å². The predicted molar refractivity (Wildman–Crippen MR) is 99.7 cm³/mol. The molecule has 2 aliphatic rings. The average molecular weight is 400 g/mol. The number of allylic oxidation sites excluding steroid dienone is 1. The van der Waals surface area contributed by atoms with E-state index in [0.717, 1.165) is 23.1 Å². The molecule has 2 aromatic carbocycles. The number of phenolic OH excluding ortho intramolecular Hbond substituents is 1. The maximum Gasteiger partial charge on any atom is 0.231 e. The number of hydrogen-bond donors (Lipinski definition) is 1. The van der Waals surface area contributed by atoms with Gasteiger partial charge in [-0.25, -0.2) is 0 Å². The number of nitrogens with zero attached hydrogens (tertiary/aromatic N) is 1. The number of ether oxygens (including phenoxy) is 1. The molecule has 0 spiro atoms. The Morgan fingerprint density at radius 3 is 2.68 bits per heavy atom. The quantitative estimate of drug-likeness (QED) is 0.778. The molecule has 0 radical (unpaired) electrons. The zero-order valence-corrected chi connectivity index (χ0v) is 15.3. The summed E-state index contributed by atoms with van der Waals surface area (Å²) in [6.45, 7) is 2.62. The molecule has 2 aromatic rings. The third-order valence-corrected chi connectivity index (χ3v) is 5.41. The monoisotopic (exact) mass is 399 g/mol. The van der Waals surface area contributed by atoms with Gasteiger partial charge in [0.1, 0.15) is 11.5 Å². The molecule has 0 aromatic heterocycles. The van der Waals surface area contributed by atoms with Gasteiger partial charge in [0, 0.05) is 11.0 Å². The molecule has 1 fully saturated rings. The number of rotatable bonds is 3. The lowest BCUT2D eigenvalue weighted by molar-refractivity contribution is 0.101. The number of halogens is 1. The van der Waals surface area contributed by atoms with Crippen LogP contribution in [0.4, 0.5) is 0 Å². The number of ketones is 1. The van der Waals surface area contributed by atoms with E-state index in [4.69, 9.17) is 4.74 Å². The van der Waals surface area contributed by atoms with E-state index in [1.807, 2.05) is 24.3 Å². The summed E-state index contributed by atoms with van der Waals surface area (Å²) in [5, 5.41) is 10.3. The van der Waals surface area contributed by atoms with Crippen LogP contribution in [-0.2, 0) is 6.54 Å². The van der Waals surface area contributed by atoms with Gasteiger partial charge in [0.25, 0.3) is 0 Å². The predicted octanol–water partition coefficient (Wildman–Crippen LogP) is 4.37. The van der Waals surface area contributed by atoms with Crippen molar-refractivity contribution in [3.05, 3.63) is 63.3 Å². The molecule has 128 valence electrons. The normalized spacial score (nSPS) is 18.6. The molecule has 2 heterocycles. The first-order valence-electron chi connectivity index (χ1n) is 8.39. The van der Waals surface area contributed by atoms with Crippen LogP contribution < -0.4 is 4.74 Å². The number of hydrogen-bond acceptors (Lipinski definition) is 4. The van der Waals surface area contributed by atoms with Gasteiger partial charge in [-0.3, -0.25) is 9.69 Å². The topological polar surface area (TPSA) is 49.8 Å². The van der Waals surface area contributed by atoms with Crippen molar-refractivity contribution in [2.24, 2.45) is 0 Å². The van der Waals surface area contributed by atoms with Crippen molar-refractivity contribution in [1.82, 2.24) is 4.90 Å². The van der Waals surface area contributed by atoms with E-state index < -0.39 is 0 Å². The fourth-order valence-electron chi connectivity index (χ4n) is 3.35. The molecule has 0 amide bonds. The highest BCUT2D eigenvalue weighted by Crippen LogP contribution is 2.40. The molecular formula is C20H18BrNO3. The number of phenols is 1. The van der Waals surface area contributed by atoms with Crippen LogP contribution in [0.5, 0.6) is 11.5 Å². The van der Waals surface area contributed by atoms with Crippen molar-refractivity contribution in [1.29, 1.82) is 0 Å². The maximum atomic E-state index is 12.7. The zero-order valence-electron chi connectivity index (χ0n) is 13.7. The highest BCUT2D eigenvalue weighted by molar-refractivity contribution is 9.10. The summed E-state index contributed by atoms with van der Waals surface area (Å²) in [5.41, 5.74) is 2.09. The minimum atomic E-state index is -0.145. The number of fused-ring (bicyclic) bond motifs is 1. The molecule has 4 nitrogen and oxygen atoms in total. The van der Waals surface area contributed by atoms with Gasteiger partial charge < -0.3 is 9.84 Å². The Morgan fingerprint density at radius 2 is 1.92 bits per heavy atom. The lowest BCUT2D eigenvalue weighted by atomic mass is 10.0. The van der Waals surface area contributed by atoms with E-state index in [2.05, 4.69) is 20.8 Å². The average Bonchev–Trinajstić information content (AvgIpc) is 3.21. The van der Waals surface area contributed by atoms with Crippen molar-refractivity contribution >= 4 is 27.8 Å². The van der Waals surface area contributed by atoms with E-state index in [1.54, 1.807) is 18.2 Å². The van der Waals surface area contributed by atoms with E-state index in [0.29, 0.717) is 23.4 Å². The summed E-state index contributed by atoms with van der Waals surface area (Å²) in [5.74, 6) is 0.819. The summed E-state index contributed by atoms with van der Waals surface area (Å²) < 4.78 is 6.80. The number of carbonyl (C=O) groups is 1. The van der Waals surface area contributed by atoms with Gasteiger partial charge >= 0.3 is 0 Å². The van der Waals surface area contributed by atoms with Crippen LogP contribution in [0.2, 0.25) is 0 Å². The maximum absolute atomic E-state index is 12.7. The second-order valence-electron chi connectivity index (χ2n) is 6.38. The summed E-state index contributed by atoms with van der Waals surface area (Å²) in [6, 6.07) is 10.9. The first-order valence-corrected chi connectivity index (χ1v) is 9.19. The van der Waals surface area contributed by atoms with Crippen LogP contribution in [0.1, 0.15) is 34.3 Å². The Bertz CT molecular complexity index is 869. The van der Waals surface area contributed by atoms with Crippen LogP contribution >= 0.6 is 15.9 Å². The van der Waals surface area contributed by atoms with E-state index >= 15 is 0 Å². The van der Waals surface area contributed by atoms with E-state index in [-0.39, 0.29) is 17.3 Å². The Balaban J connectivity index is 1.70. The second kappa shape index (κ2) is 6.65. The zero-order chi connectivity index (χ0) is 17.4. The smallest absolute Gasteiger partial charge is 0.231 e. The number of Topliss-reactive ketones (excluding diaryl/α,β-unsaturated/α-hetero) is 1. The first-order chi connectivity index (χ1) is 12.1. The Hall–Kier alpha value is -2.11. The molecule has 0 aliphatic carbocycles.